The van der Waals surface area contributed by atoms with E-state index in [2.05, 4.69) is 0 Å². The Hall–Kier alpha value is -0.170. The van der Waals surface area contributed by atoms with Crippen LogP contribution in [0.5, 0.6) is 0 Å². The zero-order valence-electron chi connectivity index (χ0n) is 18.4. The standard InChI is InChI=1S/C20H34Cl2NO5P/c1-14(2)23(15(3)4)29(24,25-7)28-12-16(5)11-26-17(6)27-13-18-19(21)9-8-10-20(18)22/h8-10,14-17H,11-13H2,1-7H3. The number of rotatable bonds is 13. The molecule has 0 aliphatic carbocycles. The molecule has 3 unspecified atom stereocenters. The molecule has 0 aliphatic heterocycles. The lowest BCUT2D eigenvalue weighted by atomic mass is 10.2. The van der Waals surface area contributed by atoms with Gasteiger partial charge in [-0.1, -0.05) is 36.2 Å². The minimum atomic E-state index is -3.37. The van der Waals surface area contributed by atoms with Gasteiger partial charge in [0.2, 0.25) is 0 Å². The van der Waals surface area contributed by atoms with Gasteiger partial charge in [0, 0.05) is 40.7 Å². The highest BCUT2D eigenvalue weighted by Crippen LogP contribution is 2.53. The molecular formula is C20H34Cl2NO5P. The Morgan fingerprint density at radius 2 is 1.52 bits per heavy atom. The van der Waals surface area contributed by atoms with Crippen molar-refractivity contribution in [1.29, 1.82) is 0 Å². The van der Waals surface area contributed by atoms with Crippen molar-refractivity contribution in [1.82, 2.24) is 4.67 Å². The zero-order chi connectivity index (χ0) is 22.2. The molecule has 0 spiro atoms. The molecule has 6 nitrogen and oxygen atoms in total. The Morgan fingerprint density at radius 1 is 0.966 bits per heavy atom. The van der Waals surface area contributed by atoms with Crippen molar-refractivity contribution in [3.63, 3.8) is 0 Å². The molecule has 0 N–H and O–H groups in total. The van der Waals surface area contributed by atoms with Crippen molar-refractivity contribution in [3.05, 3.63) is 33.8 Å². The minimum absolute atomic E-state index is 0.00500. The number of nitrogens with zero attached hydrogens (tertiary/aromatic N) is 1. The second kappa shape index (κ2) is 12.6. The first-order valence-corrected chi connectivity index (χ1v) is 12.0. The van der Waals surface area contributed by atoms with Crippen LogP contribution in [0.1, 0.15) is 47.1 Å². The topological polar surface area (TPSA) is 57.2 Å². The van der Waals surface area contributed by atoms with Gasteiger partial charge in [-0.2, -0.15) is 0 Å². The molecule has 29 heavy (non-hydrogen) atoms. The molecule has 0 radical (unpaired) electrons. The van der Waals surface area contributed by atoms with Crippen molar-refractivity contribution in [2.45, 2.75) is 66.5 Å². The molecule has 0 heterocycles. The molecule has 1 aromatic carbocycles. The summed E-state index contributed by atoms with van der Waals surface area (Å²) < 4.78 is 37.3. The van der Waals surface area contributed by atoms with Crippen molar-refractivity contribution in [3.8, 4) is 0 Å². The smallest absolute Gasteiger partial charge is 0.353 e. The van der Waals surface area contributed by atoms with Gasteiger partial charge < -0.3 is 9.47 Å². The summed E-state index contributed by atoms with van der Waals surface area (Å²) in [7, 11) is -1.96. The molecular weight excluding hydrogens is 436 g/mol. The van der Waals surface area contributed by atoms with Gasteiger partial charge in [-0.05, 0) is 46.8 Å². The fraction of sp³-hybridized carbons (Fsp3) is 0.700. The summed E-state index contributed by atoms with van der Waals surface area (Å²) >= 11 is 12.3. The predicted octanol–water partition coefficient (Wildman–Crippen LogP) is 6.40. The van der Waals surface area contributed by atoms with Gasteiger partial charge in [-0.3, -0.25) is 9.05 Å². The average molecular weight is 470 g/mol. The van der Waals surface area contributed by atoms with Gasteiger partial charge in [0.1, 0.15) is 0 Å². The number of hydrogen-bond donors (Lipinski definition) is 0. The Bertz CT molecular complexity index is 646. The Labute approximate surface area is 185 Å². The third-order valence-corrected chi connectivity index (χ3v) is 7.37. The molecule has 9 heteroatoms. The highest BCUT2D eigenvalue weighted by atomic mass is 35.5. The predicted molar refractivity (Wildman–Crippen MR) is 119 cm³/mol. The monoisotopic (exact) mass is 469 g/mol. The van der Waals surface area contributed by atoms with Crippen LogP contribution in [0.3, 0.4) is 0 Å². The van der Waals surface area contributed by atoms with E-state index in [1.165, 1.54) is 7.11 Å². The third-order valence-electron chi connectivity index (χ3n) is 4.23. The summed E-state index contributed by atoms with van der Waals surface area (Å²) in [6.07, 6.45) is -0.457. The van der Waals surface area contributed by atoms with E-state index in [9.17, 15) is 4.57 Å². The van der Waals surface area contributed by atoms with Gasteiger partial charge in [0.15, 0.2) is 6.29 Å². The molecule has 1 aromatic rings. The first-order chi connectivity index (χ1) is 13.5. The summed E-state index contributed by atoms with van der Waals surface area (Å²) in [5.74, 6) is -0.00500. The minimum Gasteiger partial charge on any atom is -0.353 e. The maximum atomic E-state index is 13.1. The number of halogens is 2. The molecule has 168 valence electrons. The van der Waals surface area contributed by atoms with Crippen LogP contribution in [0.15, 0.2) is 18.2 Å². The zero-order valence-corrected chi connectivity index (χ0v) is 20.8. The van der Waals surface area contributed by atoms with Crippen molar-refractivity contribution in [2.24, 2.45) is 5.92 Å². The second-order valence-electron chi connectivity index (χ2n) is 7.53. The third kappa shape index (κ3) is 8.47. The van der Waals surface area contributed by atoms with Gasteiger partial charge in [-0.25, -0.2) is 9.24 Å². The van der Waals surface area contributed by atoms with Crippen molar-refractivity contribution < 1.29 is 23.1 Å². The van der Waals surface area contributed by atoms with Gasteiger partial charge in [-0.15, -0.1) is 0 Å². The van der Waals surface area contributed by atoms with Crippen LogP contribution in [0.4, 0.5) is 0 Å². The molecule has 0 saturated heterocycles. The maximum Gasteiger partial charge on any atom is 0.408 e. The van der Waals surface area contributed by atoms with Crippen molar-refractivity contribution >= 4 is 30.9 Å². The van der Waals surface area contributed by atoms with E-state index < -0.39 is 14.0 Å². The van der Waals surface area contributed by atoms with E-state index in [0.717, 1.165) is 5.56 Å². The first-order valence-electron chi connectivity index (χ1n) is 9.77. The summed E-state index contributed by atoms with van der Waals surface area (Å²) in [4.78, 5) is 0. The molecule has 0 fully saturated rings. The molecule has 3 atom stereocenters. The van der Waals surface area contributed by atoms with Crippen LogP contribution in [0.2, 0.25) is 10.0 Å². The summed E-state index contributed by atoms with van der Waals surface area (Å²) in [5, 5.41) is 1.11. The molecule has 1 rings (SSSR count). The molecule has 0 saturated carbocycles. The van der Waals surface area contributed by atoms with Gasteiger partial charge in [0.25, 0.3) is 0 Å². The normalized spacial score (nSPS) is 16.4. The van der Waals surface area contributed by atoms with E-state index in [4.69, 9.17) is 41.7 Å². The molecule has 0 bridgehead atoms. The van der Waals surface area contributed by atoms with E-state index in [1.54, 1.807) is 29.8 Å². The first kappa shape index (κ1) is 26.9. The fourth-order valence-electron chi connectivity index (χ4n) is 2.86. The Morgan fingerprint density at radius 3 is 2.00 bits per heavy atom. The van der Waals surface area contributed by atoms with Crippen molar-refractivity contribution in [2.75, 3.05) is 20.3 Å². The summed E-state index contributed by atoms with van der Waals surface area (Å²) in [5.41, 5.74) is 0.728. The number of ether oxygens (including phenoxy) is 2. The van der Waals surface area contributed by atoms with E-state index >= 15 is 0 Å². The SMILES string of the molecule is COP(=O)(OCC(C)COC(C)OCc1c(Cl)cccc1Cl)N(C(C)C)C(C)C. The van der Waals surface area contributed by atoms with Crippen LogP contribution in [0.25, 0.3) is 0 Å². The lowest BCUT2D eigenvalue weighted by Crippen LogP contribution is -2.35. The van der Waals surface area contributed by atoms with Crippen LogP contribution in [-0.2, 0) is 29.7 Å². The Kier molecular flexibility index (Phi) is 11.7. The molecule has 0 amide bonds. The average Bonchev–Trinajstić information content (AvgIpc) is 2.63. The van der Waals surface area contributed by atoms with E-state index in [0.29, 0.717) is 16.7 Å². The van der Waals surface area contributed by atoms with Crippen LogP contribution >= 0.6 is 30.9 Å². The fourth-order valence-corrected chi connectivity index (χ4v) is 5.37. The molecule has 0 aliphatic rings. The lowest BCUT2D eigenvalue weighted by molar-refractivity contribution is -0.146. The highest BCUT2D eigenvalue weighted by molar-refractivity contribution is 7.51. The van der Waals surface area contributed by atoms with Gasteiger partial charge >= 0.3 is 7.75 Å². The lowest BCUT2D eigenvalue weighted by Gasteiger charge is -2.35. The van der Waals surface area contributed by atoms with E-state index in [1.807, 2.05) is 34.6 Å². The van der Waals surface area contributed by atoms with Crippen LogP contribution in [0, 0.1) is 5.92 Å². The number of hydrogen-bond acceptors (Lipinski definition) is 5. The highest BCUT2D eigenvalue weighted by Gasteiger charge is 2.37. The van der Waals surface area contributed by atoms with E-state index in [-0.39, 0.29) is 31.2 Å². The second-order valence-corrected chi connectivity index (χ2v) is 10.4. The van der Waals surface area contributed by atoms with Gasteiger partial charge in [0.05, 0.1) is 19.8 Å². The Balaban J connectivity index is 2.49. The van der Waals surface area contributed by atoms with Crippen LogP contribution < -0.4 is 0 Å². The largest absolute Gasteiger partial charge is 0.408 e. The quantitative estimate of drug-likeness (QED) is 0.246. The number of benzene rings is 1. The molecule has 0 aromatic heterocycles. The maximum absolute atomic E-state index is 13.1. The summed E-state index contributed by atoms with van der Waals surface area (Å²) in [6.45, 7) is 12.5. The van der Waals surface area contributed by atoms with Crippen LogP contribution in [-0.4, -0.2) is 43.4 Å². The summed E-state index contributed by atoms with van der Waals surface area (Å²) in [6, 6.07) is 5.37.